The quantitative estimate of drug-likeness (QED) is 0.472. The van der Waals surface area contributed by atoms with Gasteiger partial charge in [0, 0.05) is 0 Å². The Bertz CT molecular complexity index is 62.0. The minimum atomic E-state index is -3.90. The van der Waals surface area contributed by atoms with E-state index in [1.165, 1.54) is 0 Å². The Morgan fingerprint density at radius 1 is 1.38 bits per heavy atom. The Morgan fingerprint density at radius 2 is 1.88 bits per heavy atom. The van der Waals surface area contributed by atoms with E-state index in [4.69, 9.17) is 0 Å². The summed E-state index contributed by atoms with van der Waals surface area (Å²) < 4.78 is 34.3. The van der Waals surface area contributed by atoms with Crippen molar-refractivity contribution in [2.75, 3.05) is 0 Å². The molecule has 0 aliphatic carbocycles. The summed E-state index contributed by atoms with van der Waals surface area (Å²) in [5.41, 5.74) is 0. The van der Waals surface area contributed by atoms with Crippen LogP contribution in [0.25, 0.3) is 0 Å². The van der Waals surface area contributed by atoms with E-state index in [1.54, 1.807) is 0 Å². The predicted octanol–water partition coefficient (Wildman–Crippen LogP) is 2.79. The van der Waals surface area contributed by atoms with Gasteiger partial charge in [-0.2, -0.15) is 0 Å². The van der Waals surface area contributed by atoms with E-state index in [0.29, 0.717) is 3.93 Å². The number of rotatable bonds is 2. The first kappa shape index (κ1) is 9.46. The molecule has 0 aliphatic rings. The van der Waals surface area contributed by atoms with Crippen LogP contribution in [0.1, 0.15) is 6.42 Å². The molecule has 0 fully saturated rings. The average molecular weight is 425 g/mol. The van der Waals surface area contributed by atoms with Crippen LogP contribution in [0.4, 0.5) is 13.2 Å². The molecule has 0 nitrogen and oxygen atoms in total. The maximum absolute atomic E-state index is 11.3. The molecule has 0 rings (SSSR count). The maximum atomic E-state index is 11.3. The van der Waals surface area contributed by atoms with Crippen molar-refractivity contribution in [3.05, 3.63) is 0 Å². The first-order chi connectivity index (χ1) is 3.56. The predicted molar refractivity (Wildman–Crippen MR) is 29.5 cm³/mol. The third kappa shape index (κ3) is 7.46. The van der Waals surface area contributed by atoms with Gasteiger partial charge in [-0.15, -0.1) is 0 Å². The topological polar surface area (TPSA) is 0 Å². The molecule has 0 unspecified atom stereocenters. The summed E-state index contributed by atoms with van der Waals surface area (Å²) in [7, 11) is 0. The van der Waals surface area contributed by atoms with E-state index in [0.717, 1.165) is 0 Å². The molecule has 0 saturated carbocycles. The van der Waals surface area contributed by atoms with Crippen molar-refractivity contribution in [3.8, 4) is 0 Å². The van der Waals surface area contributed by atoms with Crippen LogP contribution in [0.5, 0.6) is 0 Å². The van der Waals surface area contributed by atoms with Gasteiger partial charge in [0.25, 0.3) is 0 Å². The van der Waals surface area contributed by atoms with Crippen LogP contribution in [0.3, 0.4) is 0 Å². The Hall–Kier alpha value is 1.46. The van der Waals surface area contributed by atoms with Gasteiger partial charge < -0.3 is 0 Å². The summed E-state index contributed by atoms with van der Waals surface area (Å²) in [6, 6.07) is 0. The van der Waals surface area contributed by atoms with Crippen LogP contribution in [0.15, 0.2) is 0 Å². The molecule has 0 saturated heterocycles. The van der Waals surface area contributed by atoms with Crippen molar-refractivity contribution in [2.24, 2.45) is 0 Å². The van der Waals surface area contributed by atoms with Crippen molar-refractivity contribution in [2.45, 2.75) is 16.5 Å². The third-order valence-electron chi connectivity index (χ3n) is 0.594. The molecule has 0 radical (unpaired) electrons. The average Bonchev–Trinajstić information content (AvgIpc) is 1.59. The van der Waals surface area contributed by atoms with Crippen LogP contribution in [-0.4, -0.2) is 6.18 Å². The van der Waals surface area contributed by atoms with Crippen LogP contribution in [0, 0.1) is 0 Å². The number of hydrogen-bond acceptors (Lipinski definition) is 0. The van der Waals surface area contributed by atoms with Gasteiger partial charge in [0.05, 0.1) is 0 Å². The Morgan fingerprint density at radius 3 is 2.00 bits per heavy atom. The third-order valence-corrected chi connectivity index (χ3v) is 9.70. The van der Waals surface area contributed by atoms with Crippen molar-refractivity contribution >= 4 is 17.7 Å². The molecule has 0 spiro atoms. The molecule has 8 heavy (non-hydrogen) atoms. The molecule has 0 aliphatic heterocycles. The summed E-state index contributed by atoms with van der Waals surface area (Å²) in [5, 5.41) is 0. The molecular weight excluding hydrogens is 421 g/mol. The molecule has 0 amide bonds. The van der Waals surface area contributed by atoms with Gasteiger partial charge in [-0.25, -0.2) is 0 Å². The van der Waals surface area contributed by atoms with Crippen LogP contribution >= 0.6 is 17.7 Å². The monoisotopic (exact) mass is 426 g/mol. The van der Waals surface area contributed by atoms with E-state index in [9.17, 15) is 13.2 Å². The van der Waals surface area contributed by atoms with Gasteiger partial charge >= 0.3 is 67.6 Å². The summed E-state index contributed by atoms with van der Waals surface area (Å²) >= 11 is 1.14. The van der Waals surface area contributed by atoms with Crippen molar-refractivity contribution in [3.63, 3.8) is 0 Å². The number of hydrogen-bond donors (Lipinski definition) is 0. The fraction of sp³-hybridized carbons (Fsp3) is 1.00. The van der Waals surface area contributed by atoms with Gasteiger partial charge in [-0.1, -0.05) is 0 Å². The standard InChI is InChI=1S/C3H4F3.Hg.HI/c1-2-3(4,5)6;;/h1-2H2;;1H/q;+1;/p-1. The van der Waals surface area contributed by atoms with Crippen molar-refractivity contribution < 1.29 is 33.4 Å². The Balaban J connectivity index is 3.11. The zero-order valence-electron chi connectivity index (χ0n) is 4.13. The van der Waals surface area contributed by atoms with E-state index >= 15 is 0 Å². The zero-order chi connectivity index (χ0) is 6.62. The molecule has 0 N–H and O–H groups in total. The molecule has 0 aromatic carbocycles. The van der Waals surface area contributed by atoms with E-state index in [-0.39, 0.29) is 0 Å². The van der Waals surface area contributed by atoms with Crippen LogP contribution in [-0.2, 0) is 20.2 Å². The first-order valence-electron chi connectivity index (χ1n) is 2.19. The molecule has 0 bridgehead atoms. The Labute approximate surface area is 67.0 Å². The van der Waals surface area contributed by atoms with Crippen LogP contribution < -0.4 is 0 Å². The van der Waals surface area contributed by atoms with Crippen molar-refractivity contribution in [1.82, 2.24) is 0 Å². The van der Waals surface area contributed by atoms with Gasteiger partial charge in [0.1, 0.15) is 0 Å². The van der Waals surface area contributed by atoms with Gasteiger partial charge in [-0.05, 0) is 0 Å². The van der Waals surface area contributed by atoms with Gasteiger partial charge in [-0.3, -0.25) is 0 Å². The second kappa shape index (κ2) is 4.30. The number of alkyl halides is 3. The molecule has 46 valence electrons. The first-order valence-corrected chi connectivity index (χ1v) is 21.5. The molecule has 0 atom stereocenters. The molecule has 0 heterocycles. The SMILES string of the molecule is FC(F)(F)C[CH2][Hg][I]. The summed E-state index contributed by atoms with van der Waals surface area (Å²) in [6.45, 7) is 0. The molecule has 0 aromatic rings. The summed E-state index contributed by atoms with van der Waals surface area (Å²) in [4.78, 5) is 0. The van der Waals surface area contributed by atoms with E-state index in [2.05, 4.69) is 17.7 Å². The molecule has 5 heteroatoms. The summed E-state index contributed by atoms with van der Waals surface area (Å²) in [5.74, 6) is 0. The van der Waals surface area contributed by atoms with E-state index < -0.39 is 32.8 Å². The molecule has 0 aromatic heterocycles. The van der Waals surface area contributed by atoms with Crippen LogP contribution in [0.2, 0.25) is 3.93 Å². The second-order valence-electron chi connectivity index (χ2n) is 1.41. The normalized spacial score (nSPS) is 11.0. The van der Waals surface area contributed by atoms with Gasteiger partial charge in [0.15, 0.2) is 0 Å². The Kier molecular flexibility index (Phi) is 5.08. The zero-order valence-corrected chi connectivity index (χ0v) is 11.8. The van der Waals surface area contributed by atoms with E-state index in [1.807, 2.05) is 0 Å². The van der Waals surface area contributed by atoms with Gasteiger partial charge in [0.2, 0.25) is 0 Å². The van der Waals surface area contributed by atoms with Crippen molar-refractivity contribution in [1.29, 1.82) is 0 Å². The fourth-order valence-electron chi connectivity index (χ4n) is 0.267. The summed E-state index contributed by atoms with van der Waals surface area (Å²) in [6.07, 6.45) is -4.44. The number of halogens is 4. The fourth-order valence-corrected chi connectivity index (χ4v) is 5.69. The minimum absolute atomic E-state index is 0.462. The molecular formula is C3H4F3HgI. The second-order valence-corrected chi connectivity index (χ2v) is 15.1.